The molecule has 0 radical (unpaired) electrons. The van der Waals surface area contributed by atoms with E-state index in [2.05, 4.69) is 10.6 Å². The zero-order chi connectivity index (χ0) is 18.2. The van der Waals surface area contributed by atoms with Gasteiger partial charge in [-0.15, -0.1) is 0 Å². The summed E-state index contributed by atoms with van der Waals surface area (Å²) >= 11 is 0. The number of carbonyl (C=O) groups is 1. The number of hydrogen-bond acceptors (Lipinski definition) is 3. The normalized spacial score (nSPS) is 11.7. The van der Waals surface area contributed by atoms with Crippen LogP contribution in [0.25, 0.3) is 0 Å². The molecule has 25 heavy (non-hydrogen) atoms. The van der Waals surface area contributed by atoms with Gasteiger partial charge >= 0.3 is 6.03 Å². The van der Waals surface area contributed by atoms with E-state index in [-0.39, 0.29) is 31.1 Å². The number of halogens is 1. The van der Waals surface area contributed by atoms with E-state index in [1.807, 2.05) is 19.9 Å². The van der Waals surface area contributed by atoms with Crippen LogP contribution in [-0.2, 0) is 6.61 Å². The fourth-order valence-corrected chi connectivity index (χ4v) is 2.31. The molecule has 0 aliphatic carbocycles. The highest BCUT2D eigenvalue weighted by molar-refractivity contribution is 5.90. The van der Waals surface area contributed by atoms with Gasteiger partial charge in [-0.1, -0.05) is 12.1 Å². The molecule has 0 saturated heterocycles. The number of urea groups is 1. The Hall–Kier alpha value is -2.60. The minimum Gasteiger partial charge on any atom is -0.489 e. The third-order valence-electron chi connectivity index (χ3n) is 3.68. The topological polar surface area (TPSA) is 70.6 Å². The Morgan fingerprint density at radius 3 is 2.76 bits per heavy atom. The first-order valence-electron chi connectivity index (χ1n) is 8.14. The van der Waals surface area contributed by atoms with Gasteiger partial charge in [0.25, 0.3) is 0 Å². The summed E-state index contributed by atoms with van der Waals surface area (Å²) in [6.45, 7) is 3.98. The van der Waals surface area contributed by atoms with Gasteiger partial charge < -0.3 is 20.5 Å². The standard InChI is InChI=1S/C19H23FN2O3/c1-13-10-17(25-12-15-4-3-5-16(20)11-15)6-7-18(13)22-19(24)21-14(2)8-9-23/h3-7,10-11,14,23H,8-9,12H2,1-2H3,(H2,21,22,24)/t14-/m1/s1. The summed E-state index contributed by atoms with van der Waals surface area (Å²) < 4.78 is 18.8. The average Bonchev–Trinajstić information content (AvgIpc) is 2.55. The van der Waals surface area contributed by atoms with Crippen molar-refractivity contribution >= 4 is 11.7 Å². The van der Waals surface area contributed by atoms with Gasteiger partial charge in [-0.25, -0.2) is 9.18 Å². The van der Waals surface area contributed by atoms with Crippen molar-refractivity contribution in [2.75, 3.05) is 11.9 Å². The van der Waals surface area contributed by atoms with Gasteiger partial charge in [-0.2, -0.15) is 0 Å². The van der Waals surface area contributed by atoms with E-state index in [9.17, 15) is 9.18 Å². The number of aliphatic hydroxyl groups is 1. The molecule has 1 atom stereocenters. The fraction of sp³-hybridized carbons (Fsp3) is 0.316. The van der Waals surface area contributed by atoms with Crippen LogP contribution < -0.4 is 15.4 Å². The quantitative estimate of drug-likeness (QED) is 0.717. The Bertz CT molecular complexity index is 722. The molecule has 0 fully saturated rings. The first-order chi connectivity index (χ1) is 12.0. The Morgan fingerprint density at radius 1 is 1.28 bits per heavy atom. The van der Waals surface area contributed by atoms with Gasteiger partial charge in [0.1, 0.15) is 18.2 Å². The van der Waals surface area contributed by atoms with Gasteiger partial charge in [0.15, 0.2) is 0 Å². The number of rotatable bonds is 7. The number of benzene rings is 2. The second-order valence-corrected chi connectivity index (χ2v) is 5.91. The molecule has 3 N–H and O–H groups in total. The second-order valence-electron chi connectivity index (χ2n) is 5.91. The molecule has 0 unspecified atom stereocenters. The maximum Gasteiger partial charge on any atom is 0.319 e. The molecule has 0 bridgehead atoms. The lowest BCUT2D eigenvalue weighted by atomic mass is 10.2. The molecule has 134 valence electrons. The summed E-state index contributed by atoms with van der Waals surface area (Å²) in [5, 5.41) is 14.4. The van der Waals surface area contributed by atoms with Crippen molar-refractivity contribution in [2.24, 2.45) is 0 Å². The lowest BCUT2D eigenvalue weighted by molar-refractivity contribution is 0.241. The Labute approximate surface area is 146 Å². The van der Waals surface area contributed by atoms with Crippen LogP contribution in [0.4, 0.5) is 14.9 Å². The van der Waals surface area contributed by atoms with Crippen LogP contribution >= 0.6 is 0 Å². The van der Waals surface area contributed by atoms with Crippen molar-refractivity contribution in [1.82, 2.24) is 5.32 Å². The summed E-state index contributed by atoms with van der Waals surface area (Å²) in [7, 11) is 0. The molecular formula is C19H23FN2O3. The molecule has 2 aromatic carbocycles. The van der Waals surface area contributed by atoms with E-state index < -0.39 is 0 Å². The lowest BCUT2D eigenvalue weighted by Gasteiger charge is -2.15. The van der Waals surface area contributed by atoms with Crippen molar-refractivity contribution in [3.63, 3.8) is 0 Å². The molecule has 2 rings (SSSR count). The zero-order valence-corrected chi connectivity index (χ0v) is 14.4. The minimum atomic E-state index is -0.322. The first-order valence-corrected chi connectivity index (χ1v) is 8.14. The molecule has 0 aliphatic heterocycles. The van der Waals surface area contributed by atoms with Gasteiger partial charge in [0.2, 0.25) is 0 Å². The highest BCUT2D eigenvalue weighted by Gasteiger charge is 2.09. The van der Waals surface area contributed by atoms with Gasteiger partial charge in [-0.05, 0) is 61.7 Å². The van der Waals surface area contributed by atoms with Crippen LogP contribution in [0, 0.1) is 12.7 Å². The number of aryl methyl sites for hydroxylation is 1. The first kappa shape index (κ1) is 18.7. The number of anilines is 1. The van der Waals surface area contributed by atoms with Crippen LogP contribution in [0.3, 0.4) is 0 Å². The number of amides is 2. The molecule has 5 nitrogen and oxygen atoms in total. The molecule has 6 heteroatoms. The van der Waals surface area contributed by atoms with Gasteiger partial charge in [-0.3, -0.25) is 0 Å². The number of aliphatic hydroxyl groups excluding tert-OH is 1. The summed E-state index contributed by atoms with van der Waals surface area (Å²) in [4.78, 5) is 11.9. The SMILES string of the molecule is Cc1cc(OCc2cccc(F)c2)ccc1NC(=O)N[C@H](C)CCO. The Morgan fingerprint density at radius 2 is 2.08 bits per heavy atom. The minimum absolute atomic E-state index is 0.0256. The summed E-state index contributed by atoms with van der Waals surface area (Å²) in [6.07, 6.45) is 0.499. The van der Waals surface area contributed by atoms with Crippen molar-refractivity contribution in [1.29, 1.82) is 0 Å². The van der Waals surface area contributed by atoms with E-state index in [0.29, 0.717) is 17.9 Å². The average molecular weight is 346 g/mol. The van der Waals surface area contributed by atoms with Crippen molar-refractivity contribution < 1.29 is 19.0 Å². The van der Waals surface area contributed by atoms with E-state index in [0.717, 1.165) is 11.1 Å². The van der Waals surface area contributed by atoms with Crippen LogP contribution in [0.5, 0.6) is 5.75 Å². The van der Waals surface area contributed by atoms with E-state index in [1.165, 1.54) is 12.1 Å². The highest BCUT2D eigenvalue weighted by Crippen LogP contribution is 2.22. The predicted molar refractivity (Wildman–Crippen MR) is 95.2 cm³/mol. The number of hydrogen-bond donors (Lipinski definition) is 3. The van der Waals surface area contributed by atoms with E-state index >= 15 is 0 Å². The van der Waals surface area contributed by atoms with E-state index in [1.54, 1.807) is 24.3 Å². The van der Waals surface area contributed by atoms with Crippen LogP contribution in [-0.4, -0.2) is 23.8 Å². The van der Waals surface area contributed by atoms with Crippen LogP contribution in [0.2, 0.25) is 0 Å². The zero-order valence-electron chi connectivity index (χ0n) is 14.4. The van der Waals surface area contributed by atoms with Gasteiger partial charge in [0, 0.05) is 18.3 Å². The second kappa shape index (κ2) is 9.03. The third-order valence-corrected chi connectivity index (χ3v) is 3.68. The molecule has 0 aliphatic rings. The van der Waals surface area contributed by atoms with E-state index in [4.69, 9.17) is 9.84 Å². The van der Waals surface area contributed by atoms with Crippen molar-refractivity contribution in [3.8, 4) is 5.75 Å². The van der Waals surface area contributed by atoms with Crippen LogP contribution in [0.1, 0.15) is 24.5 Å². The Balaban J connectivity index is 1.92. The third kappa shape index (κ3) is 6.08. The maximum atomic E-state index is 13.2. The van der Waals surface area contributed by atoms with Crippen molar-refractivity contribution in [2.45, 2.75) is 32.9 Å². The maximum absolute atomic E-state index is 13.2. The summed E-state index contributed by atoms with van der Waals surface area (Å²) in [6, 6.07) is 11.1. The molecule has 0 aromatic heterocycles. The molecule has 0 heterocycles. The largest absolute Gasteiger partial charge is 0.489 e. The smallest absolute Gasteiger partial charge is 0.319 e. The monoisotopic (exact) mass is 346 g/mol. The molecule has 2 amide bonds. The fourth-order valence-electron chi connectivity index (χ4n) is 2.31. The Kier molecular flexibility index (Phi) is 6.77. The molecule has 0 saturated carbocycles. The molecular weight excluding hydrogens is 323 g/mol. The number of ether oxygens (including phenoxy) is 1. The highest BCUT2D eigenvalue weighted by atomic mass is 19.1. The molecule has 0 spiro atoms. The molecule has 2 aromatic rings. The number of nitrogens with one attached hydrogen (secondary N) is 2. The van der Waals surface area contributed by atoms with Crippen LogP contribution in [0.15, 0.2) is 42.5 Å². The van der Waals surface area contributed by atoms with Gasteiger partial charge in [0.05, 0.1) is 0 Å². The number of carbonyl (C=O) groups excluding carboxylic acids is 1. The summed E-state index contributed by atoms with van der Waals surface area (Å²) in [5.74, 6) is 0.347. The predicted octanol–water partition coefficient (Wildman–Crippen LogP) is 3.61. The lowest BCUT2D eigenvalue weighted by Crippen LogP contribution is -2.36. The summed E-state index contributed by atoms with van der Waals surface area (Å²) in [5.41, 5.74) is 2.27. The van der Waals surface area contributed by atoms with Crippen molar-refractivity contribution in [3.05, 3.63) is 59.4 Å².